The smallest absolute Gasteiger partial charge is 0.152 e. The van der Waals surface area contributed by atoms with Crippen molar-refractivity contribution in [2.45, 2.75) is 0 Å². The number of aromatic amines is 1. The fourth-order valence-electron chi connectivity index (χ4n) is 1.61. The van der Waals surface area contributed by atoms with E-state index in [4.69, 9.17) is 0 Å². The molecule has 0 amide bonds. The molecule has 1 aromatic carbocycles. The molecule has 0 bridgehead atoms. The number of rotatable bonds is 3. The maximum Gasteiger partial charge on any atom is 0.152 e. The molecule has 0 saturated heterocycles. The first-order valence-electron chi connectivity index (χ1n) is 5.33. The predicted octanol–water partition coefficient (Wildman–Crippen LogP) is 3.88. The Morgan fingerprint density at radius 3 is 2.71 bits per heavy atom. The maximum absolute atomic E-state index is 4.24. The van der Waals surface area contributed by atoms with E-state index in [2.05, 4.69) is 27.0 Å². The summed E-state index contributed by atoms with van der Waals surface area (Å²) in [6.45, 7) is 0. The summed E-state index contributed by atoms with van der Waals surface area (Å²) in [5.74, 6) is 0.833. The Morgan fingerprint density at radius 1 is 1.06 bits per heavy atom. The quantitative estimate of drug-likeness (QED) is 0.730. The largest absolute Gasteiger partial charge is 0.339 e. The van der Waals surface area contributed by atoms with E-state index in [1.807, 2.05) is 42.5 Å². The molecule has 3 nitrogen and oxygen atoms in total. The molecule has 0 atom stereocenters. The van der Waals surface area contributed by atoms with Crippen LogP contribution in [0.3, 0.4) is 0 Å². The summed E-state index contributed by atoms with van der Waals surface area (Å²) in [7, 11) is 0. The van der Waals surface area contributed by atoms with E-state index in [0.717, 1.165) is 17.2 Å². The number of thiophene rings is 1. The van der Waals surface area contributed by atoms with Gasteiger partial charge in [0.2, 0.25) is 0 Å². The number of aromatic nitrogens is 2. The van der Waals surface area contributed by atoms with E-state index in [1.165, 1.54) is 4.88 Å². The van der Waals surface area contributed by atoms with E-state index in [-0.39, 0.29) is 0 Å². The van der Waals surface area contributed by atoms with E-state index in [1.54, 1.807) is 11.3 Å². The molecule has 84 valence electrons. The van der Waals surface area contributed by atoms with Crippen LogP contribution >= 0.6 is 11.3 Å². The minimum absolute atomic E-state index is 0.833. The molecule has 2 heterocycles. The van der Waals surface area contributed by atoms with E-state index in [9.17, 15) is 0 Å². The molecule has 0 aliphatic rings. The normalized spacial score (nSPS) is 10.4. The van der Waals surface area contributed by atoms with Gasteiger partial charge in [0.25, 0.3) is 0 Å². The van der Waals surface area contributed by atoms with Gasteiger partial charge in [-0.1, -0.05) is 24.3 Å². The Kier molecular flexibility index (Phi) is 2.63. The monoisotopic (exact) mass is 241 g/mol. The molecule has 3 rings (SSSR count). The van der Waals surface area contributed by atoms with E-state index in [0.29, 0.717) is 0 Å². The zero-order chi connectivity index (χ0) is 11.5. The van der Waals surface area contributed by atoms with Crippen LogP contribution in [0.15, 0.2) is 53.9 Å². The number of hydrogen-bond acceptors (Lipinski definition) is 3. The summed E-state index contributed by atoms with van der Waals surface area (Å²) in [5.41, 5.74) is 2.08. The highest BCUT2D eigenvalue weighted by molar-refractivity contribution is 7.13. The average Bonchev–Trinajstić information content (AvgIpc) is 3.00. The molecule has 0 spiro atoms. The molecule has 2 aromatic heterocycles. The second kappa shape index (κ2) is 4.43. The van der Waals surface area contributed by atoms with Crippen LogP contribution in [0.25, 0.3) is 10.6 Å². The van der Waals surface area contributed by atoms with Crippen molar-refractivity contribution >= 4 is 22.8 Å². The molecule has 0 saturated carbocycles. The molecular formula is C13H11N3S. The number of nitrogens with one attached hydrogen (secondary N) is 2. The zero-order valence-electron chi connectivity index (χ0n) is 9.05. The van der Waals surface area contributed by atoms with Crippen molar-refractivity contribution in [3.63, 3.8) is 0 Å². The average molecular weight is 241 g/mol. The summed E-state index contributed by atoms with van der Waals surface area (Å²) in [4.78, 5) is 1.19. The second-order valence-corrected chi connectivity index (χ2v) is 4.58. The first-order chi connectivity index (χ1) is 8.42. The Balaban J connectivity index is 1.82. The molecule has 0 unspecified atom stereocenters. The highest BCUT2D eigenvalue weighted by Gasteiger charge is 2.04. The highest BCUT2D eigenvalue weighted by atomic mass is 32.1. The molecule has 17 heavy (non-hydrogen) atoms. The molecule has 0 aliphatic carbocycles. The molecular weight excluding hydrogens is 230 g/mol. The van der Waals surface area contributed by atoms with Crippen molar-refractivity contribution in [1.29, 1.82) is 0 Å². The molecule has 3 aromatic rings. The van der Waals surface area contributed by atoms with Crippen LogP contribution in [0.1, 0.15) is 0 Å². The predicted molar refractivity (Wildman–Crippen MR) is 71.6 cm³/mol. The summed E-state index contributed by atoms with van der Waals surface area (Å²) >= 11 is 1.70. The number of para-hydroxylation sites is 1. The number of H-pyrrole nitrogens is 1. The minimum Gasteiger partial charge on any atom is -0.339 e. The van der Waals surface area contributed by atoms with Crippen molar-refractivity contribution in [2.24, 2.45) is 0 Å². The van der Waals surface area contributed by atoms with Crippen LogP contribution in [0.4, 0.5) is 11.5 Å². The first-order valence-corrected chi connectivity index (χ1v) is 6.21. The van der Waals surface area contributed by atoms with Crippen LogP contribution in [-0.4, -0.2) is 10.2 Å². The minimum atomic E-state index is 0.833. The van der Waals surface area contributed by atoms with E-state index < -0.39 is 0 Å². The summed E-state index contributed by atoms with van der Waals surface area (Å²) in [5, 5.41) is 12.6. The van der Waals surface area contributed by atoms with Gasteiger partial charge in [-0.2, -0.15) is 5.10 Å². The van der Waals surface area contributed by atoms with Crippen LogP contribution in [-0.2, 0) is 0 Å². The third-order valence-electron chi connectivity index (χ3n) is 2.41. The van der Waals surface area contributed by atoms with Gasteiger partial charge in [0.15, 0.2) is 5.82 Å². The van der Waals surface area contributed by atoms with Gasteiger partial charge in [0, 0.05) is 11.8 Å². The van der Waals surface area contributed by atoms with Crippen molar-refractivity contribution in [3.05, 3.63) is 53.9 Å². The highest BCUT2D eigenvalue weighted by Crippen LogP contribution is 2.25. The third-order valence-corrected chi connectivity index (χ3v) is 3.31. The molecule has 0 fully saturated rings. The van der Waals surface area contributed by atoms with Crippen molar-refractivity contribution in [2.75, 3.05) is 5.32 Å². The fourth-order valence-corrected chi connectivity index (χ4v) is 2.31. The summed E-state index contributed by atoms with van der Waals surface area (Å²) in [6.07, 6.45) is 0. The number of nitrogens with zero attached hydrogens (tertiary/aromatic N) is 1. The van der Waals surface area contributed by atoms with Crippen molar-refractivity contribution < 1.29 is 0 Å². The Morgan fingerprint density at radius 2 is 1.94 bits per heavy atom. The Labute approximate surface area is 103 Å². The Bertz CT molecular complexity index is 584. The lowest BCUT2D eigenvalue weighted by Gasteiger charge is -2.00. The zero-order valence-corrected chi connectivity index (χ0v) is 9.87. The topological polar surface area (TPSA) is 40.7 Å². The van der Waals surface area contributed by atoms with Gasteiger partial charge in [-0.05, 0) is 23.6 Å². The SMILES string of the molecule is c1ccc(Nc2cc(-c3cccs3)[nH]n2)cc1. The van der Waals surface area contributed by atoms with Crippen molar-refractivity contribution in [3.8, 4) is 10.6 Å². The van der Waals surface area contributed by atoms with Gasteiger partial charge in [0.1, 0.15) is 0 Å². The number of anilines is 2. The third kappa shape index (κ3) is 2.21. The molecule has 0 radical (unpaired) electrons. The van der Waals surface area contributed by atoms with Gasteiger partial charge in [-0.3, -0.25) is 5.10 Å². The molecule has 4 heteroatoms. The van der Waals surface area contributed by atoms with Gasteiger partial charge >= 0.3 is 0 Å². The fraction of sp³-hybridized carbons (Fsp3) is 0. The first kappa shape index (κ1) is 10.1. The van der Waals surface area contributed by atoms with Crippen LogP contribution in [0.2, 0.25) is 0 Å². The summed E-state index contributed by atoms with van der Waals surface area (Å²) in [6, 6.07) is 16.1. The standard InChI is InChI=1S/C13H11N3S/c1-2-5-10(6-3-1)14-13-9-11(15-16-13)12-7-4-8-17-12/h1-9H,(H2,14,15,16). The number of benzene rings is 1. The number of hydrogen-bond donors (Lipinski definition) is 2. The van der Waals surface area contributed by atoms with Crippen molar-refractivity contribution in [1.82, 2.24) is 10.2 Å². The van der Waals surface area contributed by atoms with Crippen LogP contribution in [0, 0.1) is 0 Å². The van der Waals surface area contributed by atoms with Gasteiger partial charge in [-0.25, -0.2) is 0 Å². The lowest BCUT2D eigenvalue weighted by molar-refractivity contribution is 1.10. The lowest BCUT2D eigenvalue weighted by Crippen LogP contribution is -1.88. The summed E-state index contributed by atoms with van der Waals surface area (Å²) < 4.78 is 0. The molecule has 0 aliphatic heterocycles. The van der Waals surface area contributed by atoms with Gasteiger partial charge in [-0.15, -0.1) is 11.3 Å². The molecule has 2 N–H and O–H groups in total. The Hall–Kier alpha value is -2.07. The maximum atomic E-state index is 4.24. The van der Waals surface area contributed by atoms with Gasteiger partial charge in [0.05, 0.1) is 10.6 Å². The second-order valence-electron chi connectivity index (χ2n) is 3.64. The van der Waals surface area contributed by atoms with Crippen LogP contribution in [0.5, 0.6) is 0 Å². The van der Waals surface area contributed by atoms with E-state index >= 15 is 0 Å². The lowest BCUT2D eigenvalue weighted by atomic mass is 10.3. The van der Waals surface area contributed by atoms with Gasteiger partial charge < -0.3 is 5.32 Å². The van der Waals surface area contributed by atoms with Crippen LogP contribution < -0.4 is 5.32 Å².